The van der Waals surface area contributed by atoms with Crippen LogP contribution in [0, 0.1) is 13.8 Å². The van der Waals surface area contributed by atoms with Gasteiger partial charge in [-0.2, -0.15) is 0 Å². The molecule has 0 amide bonds. The van der Waals surface area contributed by atoms with Crippen LogP contribution in [0.3, 0.4) is 0 Å². The summed E-state index contributed by atoms with van der Waals surface area (Å²) in [5, 5.41) is 1.24. The van der Waals surface area contributed by atoms with E-state index in [4.69, 9.17) is 4.42 Å². The molecule has 0 radical (unpaired) electrons. The van der Waals surface area contributed by atoms with E-state index in [1.54, 1.807) is 0 Å². The van der Waals surface area contributed by atoms with Gasteiger partial charge in [0.2, 0.25) is 0 Å². The van der Waals surface area contributed by atoms with Crippen LogP contribution in [0.1, 0.15) is 11.1 Å². The molecule has 0 atom stereocenters. The number of nitrogens with zero attached hydrogens (tertiary/aromatic N) is 1. The molecule has 1 aliphatic rings. The number of benzene rings is 4. The molecule has 0 fully saturated rings. The molecule has 1 aromatic heterocycles. The van der Waals surface area contributed by atoms with E-state index in [-0.39, 0.29) is 15.0 Å². The first kappa shape index (κ1) is 18.5. The minimum absolute atomic E-state index is 0.188. The Bertz CT molecular complexity index is 1430. The Morgan fingerprint density at radius 2 is 1.45 bits per heavy atom. The molecule has 150 valence electrons. The van der Waals surface area contributed by atoms with E-state index in [1.165, 1.54) is 42.3 Å². The average molecular weight is 466 g/mol. The van der Waals surface area contributed by atoms with Crippen molar-refractivity contribution in [2.24, 2.45) is 0 Å². The van der Waals surface area contributed by atoms with Crippen molar-refractivity contribution in [3.05, 3.63) is 102 Å². The van der Waals surface area contributed by atoms with E-state index < -0.39 is 0 Å². The fourth-order valence-electron chi connectivity index (χ4n) is 4.30. The first-order valence-corrected chi connectivity index (χ1v) is 12.2. The van der Waals surface area contributed by atoms with Gasteiger partial charge in [-0.15, -0.1) is 0 Å². The van der Waals surface area contributed by atoms with Crippen LogP contribution in [-0.4, -0.2) is 15.0 Å². The van der Waals surface area contributed by atoms with Crippen LogP contribution in [0.25, 0.3) is 22.1 Å². The summed E-state index contributed by atoms with van der Waals surface area (Å²) in [5.41, 5.74) is 8.29. The fourth-order valence-corrected chi connectivity index (χ4v) is 6.85. The Labute approximate surface area is 188 Å². The summed E-state index contributed by atoms with van der Waals surface area (Å²) in [6, 6.07) is 32.5. The molecule has 6 rings (SSSR count). The zero-order chi connectivity index (χ0) is 20.9. The van der Waals surface area contributed by atoms with Crippen LogP contribution in [0.5, 0.6) is 0 Å². The van der Waals surface area contributed by atoms with Crippen molar-refractivity contribution in [1.82, 2.24) is 0 Å². The molecule has 5 aromatic rings. The molecule has 4 aromatic carbocycles. The molecule has 2 nitrogen and oxygen atoms in total. The summed E-state index contributed by atoms with van der Waals surface area (Å²) in [7, 11) is 0. The third kappa shape index (κ3) is 3.01. The second kappa shape index (κ2) is 7.16. The first-order valence-electron chi connectivity index (χ1n) is 10.5. The maximum atomic E-state index is 6.53. The van der Waals surface area contributed by atoms with Gasteiger partial charge in [0.25, 0.3) is 0 Å². The Balaban J connectivity index is 1.66. The van der Waals surface area contributed by atoms with Gasteiger partial charge < -0.3 is 0 Å². The summed E-state index contributed by atoms with van der Waals surface area (Å²) in [4.78, 5) is 2.33. The summed E-state index contributed by atoms with van der Waals surface area (Å²) >= 11 is 0.188. The number of anilines is 3. The van der Waals surface area contributed by atoms with Crippen molar-refractivity contribution < 1.29 is 4.42 Å². The Morgan fingerprint density at radius 1 is 0.710 bits per heavy atom. The molecule has 3 heteroatoms. The van der Waals surface area contributed by atoms with Crippen molar-refractivity contribution in [2.75, 3.05) is 4.90 Å². The molecule has 0 aliphatic carbocycles. The van der Waals surface area contributed by atoms with Gasteiger partial charge in [-0.25, -0.2) is 0 Å². The topological polar surface area (TPSA) is 16.4 Å². The molecule has 0 spiro atoms. The van der Waals surface area contributed by atoms with E-state index in [1.807, 2.05) is 0 Å². The number of aryl methyl sites for hydroxylation is 2. The van der Waals surface area contributed by atoms with Crippen molar-refractivity contribution in [3.8, 4) is 11.1 Å². The van der Waals surface area contributed by atoms with Crippen LogP contribution in [-0.2, 0) is 0 Å². The average Bonchev–Trinajstić information content (AvgIpc) is 3.15. The van der Waals surface area contributed by atoms with Gasteiger partial charge in [-0.3, -0.25) is 0 Å². The predicted molar refractivity (Wildman–Crippen MR) is 131 cm³/mol. The Morgan fingerprint density at radius 3 is 2.32 bits per heavy atom. The van der Waals surface area contributed by atoms with Crippen molar-refractivity contribution in [3.63, 3.8) is 0 Å². The first-order chi connectivity index (χ1) is 15.2. The fraction of sp³-hybridized carbons (Fsp3) is 0.0714. The zero-order valence-electron chi connectivity index (χ0n) is 17.4. The summed E-state index contributed by atoms with van der Waals surface area (Å²) in [6.45, 7) is 4.32. The predicted octanol–water partition coefficient (Wildman–Crippen LogP) is 6.15. The number of hydrogen-bond acceptors (Lipinski definition) is 2. The maximum absolute atomic E-state index is 6.53. The second-order valence-electron chi connectivity index (χ2n) is 8.03. The van der Waals surface area contributed by atoms with Gasteiger partial charge in [-0.05, 0) is 0 Å². The number of hydrogen-bond donors (Lipinski definition) is 0. The molecule has 0 unspecified atom stereocenters. The van der Waals surface area contributed by atoms with E-state index in [0.29, 0.717) is 0 Å². The SMILES string of the molecule is Cc1ccc2c(c1)[Se]c1c(oc3ccc(C)cc13)N2c1ccccc1-c1ccccc1. The van der Waals surface area contributed by atoms with Crippen LogP contribution in [0.15, 0.2) is 95.4 Å². The number of rotatable bonds is 2. The molecule has 2 heterocycles. The van der Waals surface area contributed by atoms with Crippen molar-refractivity contribution in [2.45, 2.75) is 13.8 Å². The van der Waals surface area contributed by atoms with Crippen LogP contribution < -0.4 is 13.8 Å². The molecule has 0 N–H and O–H groups in total. The standard InChI is InChI=1S/C28H21NOSe/c1-18-13-15-25-22(16-18)27-28(30-25)29(24-14-12-19(2)17-26(24)31-27)23-11-7-6-10-21(23)20-8-4-3-5-9-20/h3-17H,1-2H3. The number of para-hydroxylation sites is 1. The van der Waals surface area contributed by atoms with Crippen LogP contribution >= 0.6 is 0 Å². The molecular formula is C28H21NOSe. The van der Waals surface area contributed by atoms with E-state index >= 15 is 0 Å². The zero-order valence-corrected chi connectivity index (χ0v) is 19.1. The van der Waals surface area contributed by atoms with Crippen LogP contribution in [0.4, 0.5) is 17.3 Å². The summed E-state index contributed by atoms with van der Waals surface area (Å²) in [6.07, 6.45) is 0. The molecule has 31 heavy (non-hydrogen) atoms. The van der Waals surface area contributed by atoms with E-state index in [0.717, 1.165) is 17.2 Å². The second-order valence-corrected chi connectivity index (χ2v) is 10.2. The van der Waals surface area contributed by atoms with E-state index in [2.05, 4.69) is 110 Å². The number of furan rings is 1. The summed E-state index contributed by atoms with van der Waals surface area (Å²) < 4.78 is 9.25. The van der Waals surface area contributed by atoms with Crippen molar-refractivity contribution >= 4 is 52.1 Å². The monoisotopic (exact) mass is 467 g/mol. The third-order valence-electron chi connectivity index (χ3n) is 5.78. The van der Waals surface area contributed by atoms with Crippen molar-refractivity contribution in [1.29, 1.82) is 0 Å². The van der Waals surface area contributed by atoms with Gasteiger partial charge in [0.05, 0.1) is 0 Å². The Hall–Kier alpha value is -3.26. The van der Waals surface area contributed by atoms with Gasteiger partial charge >= 0.3 is 189 Å². The van der Waals surface area contributed by atoms with E-state index in [9.17, 15) is 0 Å². The molecular weight excluding hydrogens is 445 g/mol. The van der Waals surface area contributed by atoms with Gasteiger partial charge in [0.15, 0.2) is 0 Å². The Kier molecular flexibility index (Phi) is 4.27. The summed E-state index contributed by atoms with van der Waals surface area (Å²) in [5.74, 6) is 0.959. The molecule has 1 aliphatic heterocycles. The quantitative estimate of drug-likeness (QED) is 0.285. The third-order valence-corrected chi connectivity index (χ3v) is 8.19. The molecule has 0 saturated heterocycles. The van der Waals surface area contributed by atoms with Gasteiger partial charge in [0, 0.05) is 0 Å². The van der Waals surface area contributed by atoms with Gasteiger partial charge in [0.1, 0.15) is 0 Å². The number of fused-ring (bicyclic) bond motifs is 4. The minimum atomic E-state index is 0.188. The normalized spacial score (nSPS) is 12.6. The molecule has 0 bridgehead atoms. The van der Waals surface area contributed by atoms with Gasteiger partial charge in [-0.1, -0.05) is 0 Å². The van der Waals surface area contributed by atoms with Crippen LogP contribution in [0.2, 0.25) is 0 Å². The molecule has 0 saturated carbocycles.